The fourth-order valence-corrected chi connectivity index (χ4v) is 2.76. The summed E-state index contributed by atoms with van der Waals surface area (Å²) < 4.78 is 39.0. The van der Waals surface area contributed by atoms with Crippen molar-refractivity contribution in [3.05, 3.63) is 42.6 Å². The van der Waals surface area contributed by atoms with Crippen molar-refractivity contribution in [3.63, 3.8) is 0 Å². The molecule has 1 N–H and O–H groups in total. The van der Waals surface area contributed by atoms with E-state index in [1.807, 2.05) is 0 Å². The minimum atomic E-state index is -4.47. The lowest BCUT2D eigenvalue weighted by molar-refractivity contribution is -0.157. The smallest absolute Gasteiger partial charge is 0.352 e. The SMILES string of the molecule is O=C(NCc1ccnc(-n2ccnc2)c1)[C@@H]1CC(=O)N(CC(F)(F)F)C1. The van der Waals surface area contributed by atoms with Gasteiger partial charge in [0.1, 0.15) is 18.7 Å². The molecule has 0 aromatic carbocycles. The third-order valence-corrected chi connectivity index (χ3v) is 4.00. The summed E-state index contributed by atoms with van der Waals surface area (Å²) in [5.41, 5.74) is 0.772. The predicted molar refractivity (Wildman–Crippen MR) is 83.9 cm³/mol. The average Bonchev–Trinajstić information content (AvgIpc) is 3.22. The molecule has 3 rings (SSSR count). The van der Waals surface area contributed by atoms with Gasteiger partial charge in [-0.3, -0.25) is 14.2 Å². The molecule has 3 heterocycles. The van der Waals surface area contributed by atoms with Gasteiger partial charge in [-0.25, -0.2) is 9.97 Å². The van der Waals surface area contributed by atoms with Crippen LogP contribution in [0.1, 0.15) is 12.0 Å². The van der Waals surface area contributed by atoms with Gasteiger partial charge in [-0.15, -0.1) is 0 Å². The third-order valence-electron chi connectivity index (χ3n) is 4.00. The average molecular weight is 367 g/mol. The van der Waals surface area contributed by atoms with Crippen LogP contribution in [0.3, 0.4) is 0 Å². The van der Waals surface area contributed by atoms with Gasteiger partial charge in [0.15, 0.2) is 0 Å². The Kier molecular flexibility index (Phi) is 4.92. The van der Waals surface area contributed by atoms with Crippen molar-refractivity contribution in [2.75, 3.05) is 13.1 Å². The number of hydrogen-bond acceptors (Lipinski definition) is 4. The van der Waals surface area contributed by atoms with Crippen molar-refractivity contribution in [3.8, 4) is 5.82 Å². The van der Waals surface area contributed by atoms with Gasteiger partial charge in [-0.1, -0.05) is 0 Å². The maximum atomic E-state index is 12.4. The molecule has 1 fully saturated rings. The van der Waals surface area contributed by atoms with Crippen molar-refractivity contribution >= 4 is 11.8 Å². The summed E-state index contributed by atoms with van der Waals surface area (Å²) in [6.45, 7) is -1.36. The number of likely N-dealkylation sites (tertiary alicyclic amines) is 1. The molecule has 1 atom stereocenters. The lowest BCUT2D eigenvalue weighted by atomic mass is 10.1. The Balaban J connectivity index is 1.56. The van der Waals surface area contributed by atoms with Crippen molar-refractivity contribution in [2.45, 2.75) is 19.1 Å². The van der Waals surface area contributed by atoms with Gasteiger partial charge in [0.25, 0.3) is 0 Å². The van der Waals surface area contributed by atoms with Crippen LogP contribution in [0, 0.1) is 5.92 Å². The van der Waals surface area contributed by atoms with E-state index >= 15 is 0 Å². The molecule has 0 unspecified atom stereocenters. The summed E-state index contributed by atoms with van der Waals surface area (Å²) in [7, 11) is 0. The Bertz CT molecular complexity index is 791. The number of carbonyl (C=O) groups is 2. The molecule has 138 valence electrons. The molecule has 10 heteroatoms. The lowest BCUT2D eigenvalue weighted by Gasteiger charge is -2.18. The summed E-state index contributed by atoms with van der Waals surface area (Å²) in [6, 6.07) is 3.48. The van der Waals surface area contributed by atoms with Crippen LogP contribution in [0.4, 0.5) is 13.2 Å². The van der Waals surface area contributed by atoms with Crippen LogP contribution in [-0.4, -0.2) is 50.5 Å². The van der Waals surface area contributed by atoms with Crippen LogP contribution >= 0.6 is 0 Å². The maximum absolute atomic E-state index is 12.4. The second-order valence-corrected chi connectivity index (χ2v) is 6.00. The minimum absolute atomic E-state index is 0.188. The summed E-state index contributed by atoms with van der Waals surface area (Å²) >= 11 is 0. The fourth-order valence-electron chi connectivity index (χ4n) is 2.76. The quantitative estimate of drug-likeness (QED) is 0.864. The van der Waals surface area contributed by atoms with E-state index in [-0.39, 0.29) is 19.5 Å². The summed E-state index contributed by atoms with van der Waals surface area (Å²) in [6.07, 6.45) is 1.83. The van der Waals surface area contributed by atoms with Crippen molar-refractivity contribution in [1.82, 2.24) is 24.8 Å². The summed E-state index contributed by atoms with van der Waals surface area (Å²) in [5, 5.41) is 2.67. The van der Waals surface area contributed by atoms with Crippen LogP contribution in [0.15, 0.2) is 37.1 Å². The standard InChI is InChI=1S/C16H16F3N5O2/c17-16(18,19)9-24-8-12(6-14(24)25)15(26)22-7-11-1-2-21-13(5-11)23-4-3-20-10-23/h1-5,10,12H,6-9H2,(H,22,26)/t12-/m1/s1. The first-order valence-corrected chi connectivity index (χ1v) is 7.87. The zero-order valence-electron chi connectivity index (χ0n) is 13.6. The van der Waals surface area contributed by atoms with Crippen LogP contribution in [0.5, 0.6) is 0 Å². The highest BCUT2D eigenvalue weighted by atomic mass is 19.4. The number of hydrogen-bond donors (Lipinski definition) is 1. The van der Waals surface area contributed by atoms with Gasteiger partial charge in [0.05, 0.1) is 5.92 Å². The van der Waals surface area contributed by atoms with Crippen LogP contribution in [0.25, 0.3) is 5.82 Å². The molecule has 0 saturated carbocycles. The Morgan fingerprint density at radius 2 is 2.15 bits per heavy atom. The van der Waals surface area contributed by atoms with Gasteiger partial charge in [-0.2, -0.15) is 13.2 Å². The number of aromatic nitrogens is 3. The zero-order chi connectivity index (χ0) is 18.7. The molecule has 0 radical (unpaired) electrons. The van der Waals surface area contributed by atoms with Crippen molar-refractivity contribution in [2.24, 2.45) is 5.92 Å². The fraction of sp³-hybridized carbons (Fsp3) is 0.375. The summed E-state index contributed by atoms with van der Waals surface area (Å²) in [4.78, 5) is 32.6. The Morgan fingerprint density at radius 1 is 1.35 bits per heavy atom. The Labute approximate surface area is 146 Å². The topological polar surface area (TPSA) is 80.1 Å². The van der Waals surface area contributed by atoms with E-state index in [1.165, 1.54) is 0 Å². The molecule has 0 bridgehead atoms. The molecule has 26 heavy (non-hydrogen) atoms. The number of alkyl halides is 3. The van der Waals surface area contributed by atoms with E-state index in [1.54, 1.807) is 41.6 Å². The van der Waals surface area contributed by atoms with E-state index in [9.17, 15) is 22.8 Å². The van der Waals surface area contributed by atoms with E-state index < -0.39 is 30.5 Å². The first-order valence-electron chi connectivity index (χ1n) is 7.87. The number of halogens is 3. The zero-order valence-corrected chi connectivity index (χ0v) is 13.6. The van der Waals surface area contributed by atoms with Crippen LogP contribution < -0.4 is 5.32 Å². The van der Waals surface area contributed by atoms with Gasteiger partial charge in [-0.05, 0) is 17.7 Å². The third kappa shape index (κ3) is 4.38. The van der Waals surface area contributed by atoms with Crippen LogP contribution in [-0.2, 0) is 16.1 Å². The second-order valence-electron chi connectivity index (χ2n) is 6.00. The molecule has 2 aromatic rings. The number of pyridine rings is 1. The molecule has 1 aliphatic heterocycles. The predicted octanol–water partition coefficient (Wildman–Crippen LogP) is 1.29. The molecule has 2 aromatic heterocycles. The van der Waals surface area contributed by atoms with E-state index in [4.69, 9.17) is 0 Å². The molecule has 1 aliphatic rings. The van der Waals surface area contributed by atoms with E-state index in [2.05, 4.69) is 15.3 Å². The first kappa shape index (κ1) is 17.9. The highest BCUT2D eigenvalue weighted by Gasteiger charge is 2.40. The number of nitrogens with zero attached hydrogens (tertiary/aromatic N) is 4. The van der Waals surface area contributed by atoms with Crippen LogP contribution in [0.2, 0.25) is 0 Å². The number of rotatable bonds is 5. The molecule has 2 amide bonds. The molecule has 1 saturated heterocycles. The Morgan fingerprint density at radius 3 is 2.85 bits per heavy atom. The number of amides is 2. The number of carbonyl (C=O) groups excluding carboxylic acids is 2. The van der Waals surface area contributed by atoms with Gasteiger partial charge < -0.3 is 10.2 Å². The van der Waals surface area contributed by atoms with E-state index in [0.29, 0.717) is 10.7 Å². The maximum Gasteiger partial charge on any atom is 0.406 e. The van der Waals surface area contributed by atoms with Crippen molar-refractivity contribution < 1.29 is 22.8 Å². The first-order chi connectivity index (χ1) is 12.3. The highest BCUT2D eigenvalue weighted by Crippen LogP contribution is 2.24. The Hall–Kier alpha value is -2.91. The van der Waals surface area contributed by atoms with Crippen molar-refractivity contribution in [1.29, 1.82) is 0 Å². The second kappa shape index (κ2) is 7.14. The molecule has 7 nitrogen and oxygen atoms in total. The monoisotopic (exact) mass is 367 g/mol. The van der Waals surface area contributed by atoms with Gasteiger partial charge >= 0.3 is 6.18 Å². The number of imidazole rings is 1. The number of nitrogens with one attached hydrogen (secondary N) is 1. The largest absolute Gasteiger partial charge is 0.406 e. The van der Waals surface area contributed by atoms with E-state index in [0.717, 1.165) is 5.56 Å². The van der Waals surface area contributed by atoms with Gasteiger partial charge in [0.2, 0.25) is 11.8 Å². The normalized spacial score (nSPS) is 17.6. The highest BCUT2D eigenvalue weighted by molar-refractivity contribution is 5.89. The molecule has 0 spiro atoms. The summed E-state index contributed by atoms with van der Waals surface area (Å²) in [5.74, 6) is -1.25. The minimum Gasteiger partial charge on any atom is -0.352 e. The van der Waals surface area contributed by atoms with Gasteiger partial charge in [0, 0.05) is 38.1 Å². The molecular weight excluding hydrogens is 351 g/mol. The molecule has 0 aliphatic carbocycles. The molecular formula is C16H16F3N5O2. The lowest BCUT2D eigenvalue weighted by Crippen LogP contribution is -2.37.